The van der Waals surface area contributed by atoms with E-state index in [4.69, 9.17) is 15.3 Å². The molecule has 3 N–H and O–H groups in total. The first-order chi connectivity index (χ1) is 8.50. The number of aliphatic carboxylic acids is 1. The quantitative estimate of drug-likeness (QED) is 0.617. The molecule has 0 fully saturated rings. The molecule has 5 nitrogen and oxygen atoms in total. The number of carbonyl (C=O) groups is 2. The molecule has 1 rings (SSSR count). The fourth-order valence-electron chi connectivity index (χ4n) is 1.65. The first-order valence-corrected chi connectivity index (χ1v) is 5.66. The van der Waals surface area contributed by atoms with Crippen LogP contribution in [0.3, 0.4) is 0 Å². The highest BCUT2D eigenvalue weighted by molar-refractivity contribution is 5.85. The molecule has 0 aromatic heterocycles. The number of benzene rings is 1. The van der Waals surface area contributed by atoms with E-state index >= 15 is 0 Å². The monoisotopic (exact) mass is 252 g/mol. The van der Waals surface area contributed by atoms with Crippen LogP contribution < -0.4 is 0 Å². The van der Waals surface area contributed by atoms with Crippen molar-refractivity contribution in [2.75, 3.05) is 0 Å². The van der Waals surface area contributed by atoms with E-state index in [-0.39, 0.29) is 12.8 Å². The van der Waals surface area contributed by atoms with Gasteiger partial charge >= 0.3 is 5.97 Å². The molecule has 1 unspecified atom stereocenters. The molecular weight excluding hydrogens is 236 g/mol. The summed E-state index contributed by atoms with van der Waals surface area (Å²) in [5, 5.41) is 26.3. The maximum atomic E-state index is 11.1. The lowest BCUT2D eigenvalue weighted by Crippen LogP contribution is -2.26. The van der Waals surface area contributed by atoms with Crippen LogP contribution in [0.15, 0.2) is 30.3 Å². The maximum absolute atomic E-state index is 11.1. The molecule has 0 saturated carbocycles. The van der Waals surface area contributed by atoms with Gasteiger partial charge in [-0.2, -0.15) is 0 Å². The molecule has 98 valence electrons. The van der Waals surface area contributed by atoms with E-state index in [1.807, 2.05) is 30.3 Å². The molecule has 0 aliphatic rings. The van der Waals surface area contributed by atoms with Gasteiger partial charge in [0, 0.05) is 6.42 Å². The zero-order chi connectivity index (χ0) is 13.5. The number of ketones is 1. The molecule has 0 aliphatic carbocycles. The van der Waals surface area contributed by atoms with E-state index in [0.29, 0.717) is 6.42 Å². The molecular formula is C13H16O5. The van der Waals surface area contributed by atoms with Crippen molar-refractivity contribution in [1.29, 1.82) is 0 Å². The second-order valence-corrected chi connectivity index (χ2v) is 4.10. The summed E-state index contributed by atoms with van der Waals surface area (Å²) in [5.41, 5.74) is 0.987. The number of hydrogen-bond acceptors (Lipinski definition) is 4. The number of hydrogen-bond donors (Lipinski definition) is 3. The molecule has 18 heavy (non-hydrogen) atoms. The molecule has 0 spiro atoms. The van der Waals surface area contributed by atoms with Gasteiger partial charge in [0.15, 0.2) is 5.78 Å². The van der Waals surface area contributed by atoms with E-state index in [0.717, 1.165) is 5.56 Å². The second kappa shape index (κ2) is 6.88. The van der Waals surface area contributed by atoms with Crippen LogP contribution in [0.1, 0.15) is 18.4 Å². The summed E-state index contributed by atoms with van der Waals surface area (Å²) < 4.78 is 0. The van der Waals surface area contributed by atoms with Gasteiger partial charge in [0.2, 0.25) is 6.29 Å². The van der Waals surface area contributed by atoms with Gasteiger partial charge in [-0.3, -0.25) is 9.59 Å². The molecule has 0 heterocycles. The highest BCUT2D eigenvalue weighted by Crippen LogP contribution is 2.15. The summed E-state index contributed by atoms with van der Waals surface area (Å²) in [5.74, 6) is -2.85. The minimum absolute atomic E-state index is 0.289. The van der Waals surface area contributed by atoms with E-state index in [9.17, 15) is 9.59 Å². The lowest BCUT2D eigenvalue weighted by Gasteiger charge is -2.12. The highest BCUT2D eigenvalue weighted by Gasteiger charge is 2.23. The lowest BCUT2D eigenvalue weighted by molar-refractivity contribution is -0.151. The Morgan fingerprint density at radius 2 is 1.72 bits per heavy atom. The fourth-order valence-corrected chi connectivity index (χ4v) is 1.65. The Kier molecular flexibility index (Phi) is 5.48. The Labute approximate surface area is 105 Å². The molecule has 0 bridgehead atoms. The third kappa shape index (κ3) is 4.65. The Morgan fingerprint density at radius 3 is 2.22 bits per heavy atom. The van der Waals surface area contributed by atoms with Crippen LogP contribution in [0.25, 0.3) is 0 Å². The summed E-state index contributed by atoms with van der Waals surface area (Å²) in [6, 6.07) is 9.33. The van der Waals surface area contributed by atoms with Gasteiger partial charge in [-0.05, 0) is 18.4 Å². The Balaban J connectivity index is 2.54. The van der Waals surface area contributed by atoms with Crippen LogP contribution in [-0.2, 0) is 16.0 Å². The van der Waals surface area contributed by atoms with E-state index in [1.165, 1.54) is 0 Å². The van der Waals surface area contributed by atoms with Crippen molar-refractivity contribution in [2.45, 2.75) is 25.6 Å². The van der Waals surface area contributed by atoms with Gasteiger partial charge in [-0.1, -0.05) is 30.3 Å². The maximum Gasteiger partial charge on any atom is 0.306 e. The number of carbonyl (C=O) groups excluding carboxylic acids is 1. The summed E-state index contributed by atoms with van der Waals surface area (Å²) in [4.78, 5) is 22.1. The Hall–Kier alpha value is -1.72. The molecule has 0 radical (unpaired) electrons. The van der Waals surface area contributed by atoms with Crippen molar-refractivity contribution < 1.29 is 24.9 Å². The lowest BCUT2D eigenvalue weighted by atomic mass is 9.94. The van der Waals surface area contributed by atoms with Gasteiger partial charge in [-0.15, -0.1) is 0 Å². The minimum Gasteiger partial charge on any atom is -0.481 e. The predicted octanol–water partition coefficient (Wildman–Crippen LogP) is 0.590. The van der Waals surface area contributed by atoms with Gasteiger partial charge in [0.1, 0.15) is 0 Å². The van der Waals surface area contributed by atoms with E-state index in [2.05, 4.69) is 0 Å². The summed E-state index contributed by atoms with van der Waals surface area (Å²) in [7, 11) is 0. The SMILES string of the molecule is O=C(CC(CCc1ccccc1)C(=O)O)C(O)O. The van der Waals surface area contributed by atoms with Crippen LogP contribution in [0.2, 0.25) is 0 Å². The summed E-state index contributed by atoms with van der Waals surface area (Å²) >= 11 is 0. The van der Waals surface area contributed by atoms with Crippen LogP contribution >= 0.6 is 0 Å². The Bertz CT molecular complexity index is 399. The fraction of sp³-hybridized carbons (Fsp3) is 0.385. The van der Waals surface area contributed by atoms with E-state index in [1.54, 1.807) is 0 Å². The van der Waals surface area contributed by atoms with Crippen molar-refractivity contribution in [3.63, 3.8) is 0 Å². The number of aliphatic hydroxyl groups excluding tert-OH is 1. The average molecular weight is 252 g/mol. The van der Waals surface area contributed by atoms with E-state index < -0.39 is 24.0 Å². The van der Waals surface area contributed by atoms with Gasteiger partial charge in [0.05, 0.1) is 5.92 Å². The number of rotatable bonds is 7. The van der Waals surface area contributed by atoms with Gasteiger partial charge in [-0.25, -0.2) is 0 Å². The smallest absolute Gasteiger partial charge is 0.306 e. The van der Waals surface area contributed by atoms with Crippen LogP contribution in [0.5, 0.6) is 0 Å². The standard InChI is InChI=1S/C13H16O5/c14-11(13(17)18)8-10(12(15)16)7-6-9-4-2-1-3-5-9/h1-5,10,13,17-18H,6-8H2,(H,15,16). The topological polar surface area (TPSA) is 94.8 Å². The molecule has 0 amide bonds. The molecule has 1 atom stereocenters. The Morgan fingerprint density at radius 1 is 1.11 bits per heavy atom. The first kappa shape index (κ1) is 14.3. The average Bonchev–Trinajstić information content (AvgIpc) is 2.34. The minimum atomic E-state index is -2.09. The summed E-state index contributed by atoms with van der Waals surface area (Å²) in [6.45, 7) is 0. The van der Waals surface area contributed by atoms with Crippen molar-refractivity contribution in [3.05, 3.63) is 35.9 Å². The number of aliphatic hydroxyl groups is 2. The van der Waals surface area contributed by atoms with Crippen molar-refractivity contribution in [1.82, 2.24) is 0 Å². The molecule has 0 saturated heterocycles. The third-order valence-corrected chi connectivity index (χ3v) is 2.71. The van der Waals surface area contributed by atoms with Crippen LogP contribution in [-0.4, -0.2) is 33.4 Å². The van der Waals surface area contributed by atoms with Crippen LogP contribution in [0.4, 0.5) is 0 Å². The number of carboxylic acids is 1. The zero-order valence-electron chi connectivity index (χ0n) is 9.82. The zero-order valence-corrected chi connectivity index (χ0v) is 9.82. The molecule has 1 aromatic carbocycles. The van der Waals surface area contributed by atoms with Crippen LogP contribution in [0, 0.1) is 5.92 Å². The normalized spacial score (nSPS) is 12.4. The van der Waals surface area contributed by atoms with Crippen molar-refractivity contribution in [2.24, 2.45) is 5.92 Å². The number of aryl methyl sites for hydroxylation is 1. The molecule has 5 heteroatoms. The number of carboxylic acid groups (broad SMARTS) is 1. The largest absolute Gasteiger partial charge is 0.481 e. The highest BCUT2D eigenvalue weighted by atomic mass is 16.5. The van der Waals surface area contributed by atoms with Gasteiger partial charge < -0.3 is 15.3 Å². The molecule has 1 aromatic rings. The van der Waals surface area contributed by atoms with Gasteiger partial charge in [0.25, 0.3) is 0 Å². The van der Waals surface area contributed by atoms with Crippen molar-refractivity contribution >= 4 is 11.8 Å². The van der Waals surface area contributed by atoms with Crippen molar-refractivity contribution in [3.8, 4) is 0 Å². The number of Topliss-reactive ketones (excluding diaryl/α,β-unsaturated/α-hetero) is 1. The first-order valence-electron chi connectivity index (χ1n) is 5.66. The molecule has 0 aliphatic heterocycles. The predicted molar refractivity (Wildman–Crippen MR) is 63.7 cm³/mol. The second-order valence-electron chi connectivity index (χ2n) is 4.10. The third-order valence-electron chi connectivity index (χ3n) is 2.71. The summed E-state index contributed by atoms with van der Waals surface area (Å²) in [6.07, 6.45) is -1.63.